The van der Waals surface area contributed by atoms with E-state index in [1.807, 2.05) is 0 Å². The van der Waals surface area contributed by atoms with Crippen LogP contribution in [-0.2, 0) is 23.9 Å². The molecule has 0 spiro atoms. The standard InChI is InChI=1S/C24H35NO6/c1-15(2)22(27)31-20-13-24(4,29)9-8-18(26)16(3)12-19-21(20)17(23(28)30-19)14-25-10-6-5-7-11-25/h8-9,12,15,17,19-21,29H,5-7,10-11,13-14H2,1-4H3/b9-8+,16-12-/t17?,19-,20-,21+,24+/m1/s1. The molecule has 3 rings (SSSR count). The number of ether oxygens (including phenoxy) is 2. The van der Waals surface area contributed by atoms with E-state index in [0.717, 1.165) is 25.9 Å². The Kier molecular flexibility index (Phi) is 7.37. The van der Waals surface area contributed by atoms with Crippen LogP contribution in [0.3, 0.4) is 0 Å². The third kappa shape index (κ3) is 5.83. The number of likely N-dealkylation sites (tertiary alicyclic amines) is 1. The minimum absolute atomic E-state index is 0.0798. The fourth-order valence-corrected chi connectivity index (χ4v) is 4.65. The monoisotopic (exact) mass is 433 g/mol. The van der Waals surface area contributed by atoms with Gasteiger partial charge >= 0.3 is 11.9 Å². The molecule has 0 aromatic carbocycles. The maximum Gasteiger partial charge on any atom is 0.311 e. The van der Waals surface area contributed by atoms with Gasteiger partial charge in [0.1, 0.15) is 12.2 Å². The summed E-state index contributed by atoms with van der Waals surface area (Å²) in [7, 11) is 0. The highest BCUT2D eigenvalue weighted by atomic mass is 16.6. The van der Waals surface area contributed by atoms with E-state index in [2.05, 4.69) is 4.90 Å². The SMILES string of the molecule is C/C1=C/[C@H]2OC(=O)C(CN3CCCCC3)[C@@H]2[C@H](OC(=O)C(C)C)C[C@@](C)(O)/C=C/C1=O. The van der Waals surface area contributed by atoms with Gasteiger partial charge in [0.15, 0.2) is 5.78 Å². The molecule has 172 valence electrons. The maximum atomic E-state index is 12.9. The van der Waals surface area contributed by atoms with Gasteiger partial charge in [-0.15, -0.1) is 0 Å². The fraction of sp³-hybridized carbons (Fsp3) is 0.708. The van der Waals surface area contributed by atoms with Crippen LogP contribution in [0, 0.1) is 17.8 Å². The maximum absolute atomic E-state index is 12.9. The van der Waals surface area contributed by atoms with Crippen LogP contribution in [0.2, 0.25) is 0 Å². The van der Waals surface area contributed by atoms with Crippen LogP contribution < -0.4 is 0 Å². The third-order valence-corrected chi connectivity index (χ3v) is 6.48. The summed E-state index contributed by atoms with van der Waals surface area (Å²) in [6, 6.07) is 0. The molecule has 0 radical (unpaired) electrons. The number of ketones is 1. The number of hydrogen-bond donors (Lipinski definition) is 1. The Balaban J connectivity index is 1.99. The van der Waals surface area contributed by atoms with E-state index >= 15 is 0 Å². The number of fused-ring (bicyclic) bond motifs is 1. The number of allylic oxidation sites excluding steroid dienone is 2. The highest BCUT2D eigenvalue weighted by Gasteiger charge is 2.51. The summed E-state index contributed by atoms with van der Waals surface area (Å²) in [5.74, 6) is -2.27. The molecule has 7 nitrogen and oxygen atoms in total. The zero-order valence-corrected chi connectivity index (χ0v) is 19.0. The summed E-state index contributed by atoms with van der Waals surface area (Å²) < 4.78 is 11.6. The highest BCUT2D eigenvalue weighted by Crippen LogP contribution is 2.39. The largest absolute Gasteiger partial charge is 0.462 e. The van der Waals surface area contributed by atoms with Crippen LogP contribution in [0.4, 0.5) is 0 Å². The molecule has 0 aromatic heterocycles. The summed E-state index contributed by atoms with van der Waals surface area (Å²) in [5.41, 5.74) is -0.939. The van der Waals surface area contributed by atoms with Gasteiger partial charge in [0.05, 0.1) is 23.4 Å². The van der Waals surface area contributed by atoms with Gasteiger partial charge in [0.2, 0.25) is 0 Å². The van der Waals surface area contributed by atoms with Gasteiger partial charge in [-0.2, -0.15) is 0 Å². The number of carbonyl (C=O) groups excluding carboxylic acids is 3. The highest BCUT2D eigenvalue weighted by molar-refractivity contribution is 6.03. The second-order valence-electron chi connectivity index (χ2n) is 9.69. The minimum Gasteiger partial charge on any atom is -0.462 e. The van der Waals surface area contributed by atoms with E-state index in [4.69, 9.17) is 9.47 Å². The van der Waals surface area contributed by atoms with E-state index in [0.29, 0.717) is 12.1 Å². The molecule has 0 amide bonds. The van der Waals surface area contributed by atoms with Gasteiger partial charge in [0, 0.05) is 13.0 Å². The molecule has 1 unspecified atom stereocenters. The number of piperidine rings is 1. The predicted octanol–water partition coefficient (Wildman–Crippen LogP) is 2.42. The zero-order valence-electron chi connectivity index (χ0n) is 19.0. The van der Waals surface area contributed by atoms with Gasteiger partial charge in [-0.1, -0.05) is 20.3 Å². The third-order valence-electron chi connectivity index (χ3n) is 6.48. The van der Waals surface area contributed by atoms with Crippen LogP contribution in [0.1, 0.15) is 53.4 Å². The van der Waals surface area contributed by atoms with Crippen molar-refractivity contribution in [3.8, 4) is 0 Å². The second-order valence-corrected chi connectivity index (χ2v) is 9.69. The molecule has 2 saturated heterocycles. The summed E-state index contributed by atoms with van der Waals surface area (Å²) in [6.45, 7) is 9.12. The smallest absolute Gasteiger partial charge is 0.311 e. The van der Waals surface area contributed by atoms with Crippen molar-refractivity contribution in [2.45, 2.75) is 71.2 Å². The first-order valence-electron chi connectivity index (χ1n) is 11.3. The molecular formula is C24H35NO6. The summed E-state index contributed by atoms with van der Waals surface area (Å²) >= 11 is 0. The van der Waals surface area contributed by atoms with Crippen molar-refractivity contribution in [2.75, 3.05) is 19.6 Å². The Bertz CT molecular complexity index is 762. The lowest BCUT2D eigenvalue weighted by Gasteiger charge is -2.35. The molecule has 31 heavy (non-hydrogen) atoms. The van der Waals surface area contributed by atoms with Gasteiger partial charge in [-0.05, 0) is 63.6 Å². The number of aliphatic hydroxyl groups is 1. The molecule has 2 aliphatic heterocycles. The summed E-state index contributed by atoms with van der Waals surface area (Å²) in [5, 5.41) is 10.9. The Labute approximate surface area is 184 Å². The van der Waals surface area contributed by atoms with Gasteiger partial charge in [0.25, 0.3) is 0 Å². The zero-order chi connectivity index (χ0) is 22.8. The Hall–Kier alpha value is -1.99. The Morgan fingerprint density at radius 1 is 1.29 bits per heavy atom. The number of hydrogen-bond acceptors (Lipinski definition) is 7. The van der Waals surface area contributed by atoms with Gasteiger partial charge in [-0.25, -0.2) is 0 Å². The van der Waals surface area contributed by atoms with E-state index in [9.17, 15) is 19.5 Å². The normalized spacial score (nSPS) is 37.5. The molecule has 1 aliphatic carbocycles. The molecule has 5 atom stereocenters. The quantitative estimate of drug-likeness (QED) is 0.681. The van der Waals surface area contributed by atoms with Crippen LogP contribution in [-0.4, -0.2) is 65.2 Å². The van der Waals surface area contributed by atoms with Gasteiger partial charge < -0.3 is 19.5 Å². The van der Waals surface area contributed by atoms with Crippen molar-refractivity contribution in [3.63, 3.8) is 0 Å². The lowest BCUT2D eigenvalue weighted by atomic mass is 9.79. The Morgan fingerprint density at radius 3 is 2.61 bits per heavy atom. The van der Waals surface area contributed by atoms with Crippen LogP contribution >= 0.6 is 0 Å². The van der Waals surface area contributed by atoms with E-state index < -0.39 is 29.6 Å². The predicted molar refractivity (Wildman–Crippen MR) is 115 cm³/mol. The van der Waals surface area contributed by atoms with Crippen molar-refractivity contribution in [3.05, 3.63) is 23.8 Å². The van der Waals surface area contributed by atoms with Crippen LogP contribution in [0.25, 0.3) is 0 Å². The lowest BCUT2D eigenvalue weighted by molar-refractivity contribution is -0.160. The second kappa shape index (κ2) is 9.65. The summed E-state index contributed by atoms with van der Waals surface area (Å²) in [4.78, 5) is 40.2. The average Bonchev–Trinajstić information content (AvgIpc) is 3.00. The van der Waals surface area contributed by atoms with E-state index in [1.54, 1.807) is 33.8 Å². The van der Waals surface area contributed by atoms with Crippen LogP contribution in [0.15, 0.2) is 23.8 Å². The number of nitrogens with zero attached hydrogens (tertiary/aromatic N) is 1. The molecule has 7 heteroatoms. The first kappa shape index (κ1) is 23.7. The van der Waals surface area contributed by atoms with Crippen molar-refractivity contribution in [2.24, 2.45) is 17.8 Å². The molecule has 1 N–H and O–H groups in total. The topological polar surface area (TPSA) is 93.1 Å². The van der Waals surface area contributed by atoms with E-state index in [1.165, 1.54) is 18.6 Å². The molecule has 3 aliphatic rings. The first-order chi connectivity index (χ1) is 14.6. The van der Waals surface area contributed by atoms with Crippen molar-refractivity contribution in [1.29, 1.82) is 0 Å². The van der Waals surface area contributed by atoms with Gasteiger partial charge in [-0.3, -0.25) is 14.4 Å². The molecule has 0 bridgehead atoms. The number of esters is 2. The lowest BCUT2D eigenvalue weighted by Crippen LogP contribution is -2.45. The average molecular weight is 434 g/mol. The summed E-state index contributed by atoms with van der Waals surface area (Å²) in [6.07, 6.45) is 6.49. The minimum atomic E-state index is -1.37. The number of rotatable bonds is 4. The molecule has 0 aromatic rings. The van der Waals surface area contributed by atoms with E-state index in [-0.39, 0.29) is 30.1 Å². The van der Waals surface area contributed by atoms with Crippen molar-refractivity contribution in [1.82, 2.24) is 4.90 Å². The van der Waals surface area contributed by atoms with Crippen molar-refractivity contribution >= 4 is 17.7 Å². The molecule has 2 heterocycles. The fourth-order valence-electron chi connectivity index (χ4n) is 4.65. The number of carbonyl (C=O) groups is 3. The Morgan fingerprint density at radius 2 is 1.97 bits per heavy atom. The van der Waals surface area contributed by atoms with Crippen molar-refractivity contribution < 1.29 is 29.0 Å². The molecule has 0 saturated carbocycles. The molecular weight excluding hydrogens is 398 g/mol. The first-order valence-corrected chi connectivity index (χ1v) is 11.3. The molecule has 2 fully saturated rings. The van der Waals surface area contributed by atoms with Crippen LogP contribution in [0.5, 0.6) is 0 Å².